The smallest absolute Gasteiger partial charge is 0.280 e. The second-order valence-electron chi connectivity index (χ2n) is 9.73. The fourth-order valence-corrected chi connectivity index (χ4v) is 6.64. The monoisotopic (exact) mass is 512 g/mol. The first-order chi connectivity index (χ1) is 17.0. The van der Waals surface area contributed by atoms with Crippen LogP contribution in [0.5, 0.6) is 0 Å². The zero-order valence-corrected chi connectivity index (χ0v) is 21.1. The second kappa shape index (κ2) is 9.54. The van der Waals surface area contributed by atoms with Gasteiger partial charge in [0.1, 0.15) is 5.69 Å². The van der Waals surface area contributed by atoms with Crippen molar-refractivity contribution in [1.29, 1.82) is 0 Å². The van der Waals surface area contributed by atoms with Crippen molar-refractivity contribution in [2.24, 2.45) is 0 Å². The van der Waals surface area contributed by atoms with E-state index in [9.17, 15) is 9.59 Å². The lowest BCUT2D eigenvalue weighted by Crippen LogP contribution is -2.53. The van der Waals surface area contributed by atoms with Gasteiger partial charge in [-0.3, -0.25) is 9.59 Å². The number of carbonyl (C=O) groups is 2. The van der Waals surface area contributed by atoms with Gasteiger partial charge in [-0.05, 0) is 49.9 Å². The Kier molecular flexibility index (Phi) is 6.26. The minimum Gasteiger partial charge on any atom is -0.351 e. The molecule has 1 aliphatic carbocycles. The lowest BCUT2D eigenvalue weighted by molar-refractivity contribution is -0.0751. The summed E-state index contributed by atoms with van der Waals surface area (Å²) in [4.78, 5) is 35.3. The summed E-state index contributed by atoms with van der Waals surface area (Å²) in [6.45, 7) is 3.77. The first-order valence-electron chi connectivity index (χ1n) is 12.4. The molecular weight excluding hydrogens is 484 g/mol. The van der Waals surface area contributed by atoms with Crippen molar-refractivity contribution < 1.29 is 9.59 Å². The fraction of sp³-hybridized carbons (Fsp3) is 0.480. The van der Waals surface area contributed by atoms with Crippen LogP contribution in [0.4, 0.5) is 0 Å². The highest BCUT2D eigenvalue weighted by molar-refractivity contribution is 7.13. The number of rotatable bonds is 4. The average Bonchev–Trinajstić information content (AvgIpc) is 3.47. The number of hydrogen-bond donors (Lipinski definition) is 3. The van der Waals surface area contributed by atoms with Gasteiger partial charge in [-0.25, -0.2) is 15.0 Å². The topological polar surface area (TPSA) is 93.4 Å². The lowest BCUT2D eigenvalue weighted by Gasteiger charge is -2.41. The SMILES string of the molecule is O=C(NC1CCCCC1NC(=O)c1nc2c(s1)CN1CCCCN1C2)c1cc2cc(Cl)ccc2[nH]1. The molecule has 0 spiro atoms. The molecule has 35 heavy (non-hydrogen) atoms. The number of thiazole rings is 1. The third-order valence-corrected chi connectivity index (χ3v) is 8.66. The van der Waals surface area contributed by atoms with Gasteiger partial charge >= 0.3 is 0 Å². The van der Waals surface area contributed by atoms with Gasteiger partial charge in [-0.1, -0.05) is 24.4 Å². The minimum absolute atomic E-state index is 0.116. The highest BCUT2D eigenvalue weighted by Crippen LogP contribution is 2.30. The van der Waals surface area contributed by atoms with Gasteiger partial charge in [0.15, 0.2) is 5.01 Å². The number of hydrazine groups is 1. The van der Waals surface area contributed by atoms with Gasteiger partial charge in [0.05, 0.1) is 12.2 Å². The molecule has 6 rings (SSSR count). The van der Waals surface area contributed by atoms with Crippen molar-refractivity contribution in [3.63, 3.8) is 0 Å². The molecule has 10 heteroatoms. The van der Waals surface area contributed by atoms with Crippen LogP contribution in [0.1, 0.15) is 69.4 Å². The van der Waals surface area contributed by atoms with Crippen molar-refractivity contribution in [1.82, 2.24) is 30.6 Å². The third-order valence-electron chi connectivity index (χ3n) is 7.34. The van der Waals surface area contributed by atoms with E-state index in [1.165, 1.54) is 29.1 Å². The Labute approximate surface area is 213 Å². The maximum Gasteiger partial charge on any atom is 0.280 e. The van der Waals surface area contributed by atoms with Gasteiger partial charge < -0.3 is 15.6 Å². The van der Waals surface area contributed by atoms with Gasteiger partial charge in [0, 0.05) is 52.5 Å². The number of aromatic amines is 1. The molecule has 3 N–H and O–H groups in total. The molecule has 2 unspecified atom stereocenters. The van der Waals surface area contributed by atoms with Gasteiger partial charge in [0.25, 0.3) is 11.8 Å². The number of halogens is 1. The highest BCUT2D eigenvalue weighted by atomic mass is 35.5. The van der Waals surface area contributed by atoms with Crippen molar-refractivity contribution in [2.75, 3.05) is 13.1 Å². The summed E-state index contributed by atoms with van der Waals surface area (Å²) in [7, 11) is 0. The maximum atomic E-state index is 13.2. The predicted molar refractivity (Wildman–Crippen MR) is 136 cm³/mol. The Hall–Kier alpha value is -2.46. The standard InChI is InChI=1S/C25H29ClN6O2S/c26-16-7-8-17-15(11-16)12-20(27-17)23(33)28-18-5-1-2-6-19(18)29-24(34)25-30-21-13-31-9-3-4-10-32(31)14-22(21)35-25/h7-8,11-12,18-19,27H,1-6,9-10,13-14H2,(H,28,33)(H,29,34). The number of carbonyl (C=O) groups excluding carboxylic acids is 2. The average molecular weight is 513 g/mol. The number of nitrogens with zero attached hydrogens (tertiary/aromatic N) is 3. The van der Waals surface area contributed by atoms with E-state index in [2.05, 4.69) is 25.6 Å². The van der Waals surface area contributed by atoms with Crippen LogP contribution < -0.4 is 10.6 Å². The van der Waals surface area contributed by atoms with E-state index in [-0.39, 0.29) is 23.9 Å². The Morgan fingerprint density at radius 1 is 0.971 bits per heavy atom. The summed E-state index contributed by atoms with van der Waals surface area (Å²) in [5.74, 6) is -0.303. The van der Waals surface area contributed by atoms with E-state index in [4.69, 9.17) is 16.6 Å². The van der Waals surface area contributed by atoms with Crippen molar-refractivity contribution in [2.45, 2.75) is 63.7 Å². The number of amides is 2. The van der Waals surface area contributed by atoms with Crippen molar-refractivity contribution in [3.05, 3.63) is 50.6 Å². The number of benzene rings is 1. The zero-order chi connectivity index (χ0) is 23.9. The van der Waals surface area contributed by atoms with Crippen LogP contribution in [0, 0.1) is 0 Å². The molecule has 0 bridgehead atoms. The molecule has 1 aromatic carbocycles. The van der Waals surface area contributed by atoms with Crippen LogP contribution in [0.2, 0.25) is 5.02 Å². The second-order valence-corrected chi connectivity index (χ2v) is 11.3. The molecule has 2 aliphatic heterocycles. The molecule has 8 nitrogen and oxygen atoms in total. The zero-order valence-electron chi connectivity index (χ0n) is 19.5. The molecule has 4 heterocycles. The predicted octanol–water partition coefficient (Wildman–Crippen LogP) is 4.08. The number of nitrogens with one attached hydrogen (secondary N) is 3. The van der Waals surface area contributed by atoms with Crippen LogP contribution in [0.3, 0.4) is 0 Å². The van der Waals surface area contributed by atoms with Gasteiger partial charge in [0.2, 0.25) is 0 Å². The highest BCUT2D eigenvalue weighted by Gasteiger charge is 2.32. The summed E-state index contributed by atoms with van der Waals surface area (Å²) in [5, 5.41) is 13.1. The van der Waals surface area contributed by atoms with Crippen LogP contribution >= 0.6 is 22.9 Å². The summed E-state index contributed by atoms with van der Waals surface area (Å²) in [6, 6.07) is 7.09. The quantitative estimate of drug-likeness (QED) is 0.490. The fourth-order valence-electron chi connectivity index (χ4n) is 5.47. The largest absolute Gasteiger partial charge is 0.351 e. The van der Waals surface area contributed by atoms with Crippen LogP contribution in [0.15, 0.2) is 24.3 Å². The molecule has 3 aromatic rings. The first kappa shape index (κ1) is 23.0. The van der Waals surface area contributed by atoms with E-state index in [0.29, 0.717) is 15.7 Å². The van der Waals surface area contributed by atoms with Crippen LogP contribution in [-0.4, -0.2) is 57.0 Å². The number of aromatic nitrogens is 2. The maximum absolute atomic E-state index is 13.2. The molecule has 184 valence electrons. The Balaban J connectivity index is 1.13. The molecular formula is C25H29ClN6O2S. The lowest BCUT2D eigenvalue weighted by atomic mass is 9.90. The Bertz CT molecular complexity index is 1240. The Morgan fingerprint density at radius 3 is 2.46 bits per heavy atom. The summed E-state index contributed by atoms with van der Waals surface area (Å²) in [6.07, 6.45) is 6.16. The van der Waals surface area contributed by atoms with E-state index in [1.54, 1.807) is 6.07 Å². The van der Waals surface area contributed by atoms with Crippen LogP contribution in [-0.2, 0) is 13.1 Å². The van der Waals surface area contributed by atoms with E-state index in [0.717, 1.165) is 68.5 Å². The van der Waals surface area contributed by atoms with E-state index in [1.807, 2.05) is 18.2 Å². The molecule has 0 radical (unpaired) electrons. The molecule has 2 fully saturated rings. The molecule has 2 amide bonds. The molecule has 1 saturated carbocycles. The van der Waals surface area contributed by atoms with Gasteiger partial charge in [-0.15, -0.1) is 11.3 Å². The molecule has 2 aromatic heterocycles. The van der Waals surface area contributed by atoms with Crippen molar-refractivity contribution >= 4 is 45.7 Å². The molecule has 2 atom stereocenters. The molecule has 1 saturated heterocycles. The van der Waals surface area contributed by atoms with Crippen molar-refractivity contribution in [3.8, 4) is 0 Å². The number of fused-ring (bicyclic) bond motifs is 3. The van der Waals surface area contributed by atoms with Gasteiger partial charge in [-0.2, -0.15) is 0 Å². The summed E-state index contributed by atoms with van der Waals surface area (Å²) in [5.41, 5.74) is 2.40. The first-order valence-corrected chi connectivity index (χ1v) is 13.6. The Morgan fingerprint density at radius 2 is 1.69 bits per heavy atom. The summed E-state index contributed by atoms with van der Waals surface area (Å²) < 4.78 is 0. The summed E-state index contributed by atoms with van der Waals surface area (Å²) >= 11 is 7.59. The van der Waals surface area contributed by atoms with E-state index >= 15 is 0 Å². The normalized spacial score (nSPS) is 23.0. The van der Waals surface area contributed by atoms with Crippen LogP contribution in [0.25, 0.3) is 10.9 Å². The molecule has 3 aliphatic rings. The minimum atomic E-state index is -0.168. The third kappa shape index (κ3) is 4.70. The van der Waals surface area contributed by atoms with E-state index < -0.39 is 0 Å². The number of hydrogen-bond acceptors (Lipinski definition) is 6. The number of H-pyrrole nitrogens is 1.